The SMILES string of the molecule is CN(CC(=O)Nc1c(F)cccc1N1CCCC1)S(C)(=O)=O. The largest absolute Gasteiger partial charge is 0.370 e. The number of hydrogen-bond donors (Lipinski definition) is 1. The predicted octanol–water partition coefficient (Wildman–Crippen LogP) is 1.26. The van der Waals surface area contributed by atoms with Crippen molar-refractivity contribution in [2.45, 2.75) is 12.8 Å². The van der Waals surface area contributed by atoms with Gasteiger partial charge in [-0.15, -0.1) is 0 Å². The van der Waals surface area contributed by atoms with Crippen molar-refractivity contribution in [2.24, 2.45) is 0 Å². The van der Waals surface area contributed by atoms with E-state index < -0.39 is 21.7 Å². The lowest BCUT2D eigenvalue weighted by molar-refractivity contribution is -0.116. The Balaban J connectivity index is 2.16. The fourth-order valence-corrected chi connectivity index (χ4v) is 2.71. The minimum atomic E-state index is -3.46. The quantitative estimate of drug-likeness (QED) is 0.883. The van der Waals surface area contributed by atoms with Crippen LogP contribution in [-0.4, -0.2) is 51.6 Å². The van der Waals surface area contributed by atoms with E-state index in [-0.39, 0.29) is 12.2 Å². The molecule has 6 nitrogen and oxygen atoms in total. The van der Waals surface area contributed by atoms with Gasteiger partial charge in [0, 0.05) is 20.1 Å². The van der Waals surface area contributed by atoms with Gasteiger partial charge in [-0.2, -0.15) is 4.31 Å². The highest BCUT2D eigenvalue weighted by Gasteiger charge is 2.21. The summed E-state index contributed by atoms with van der Waals surface area (Å²) in [7, 11) is -2.15. The number of benzene rings is 1. The Bertz CT molecular complexity index is 657. The van der Waals surface area contributed by atoms with Crippen LogP contribution in [0.1, 0.15) is 12.8 Å². The minimum Gasteiger partial charge on any atom is -0.370 e. The molecule has 1 heterocycles. The number of hydrogen-bond acceptors (Lipinski definition) is 4. The van der Waals surface area contributed by atoms with Crippen LogP contribution < -0.4 is 10.2 Å². The van der Waals surface area contributed by atoms with E-state index in [0.717, 1.165) is 36.5 Å². The van der Waals surface area contributed by atoms with Crippen LogP contribution in [0.5, 0.6) is 0 Å². The molecule has 1 saturated heterocycles. The fourth-order valence-electron chi connectivity index (χ4n) is 2.36. The maximum atomic E-state index is 14.1. The molecule has 1 aliphatic heterocycles. The molecule has 0 radical (unpaired) electrons. The second-order valence-corrected chi connectivity index (χ2v) is 7.48. The number of rotatable bonds is 5. The van der Waals surface area contributed by atoms with Crippen LogP contribution in [0.15, 0.2) is 18.2 Å². The molecule has 1 fully saturated rings. The van der Waals surface area contributed by atoms with Crippen LogP contribution in [0, 0.1) is 5.82 Å². The van der Waals surface area contributed by atoms with Crippen LogP contribution >= 0.6 is 0 Å². The Morgan fingerprint density at radius 3 is 2.59 bits per heavy atom. The summed E-state index contributed by atoms with van der Waals surface area (Å²) in [6, 6.07) is 4.63. The lowest BCUT2D eigenvalue weighted by Crippen LogP contribution is -2.34. The Labute approximate surface area is 130 Å². The summed E-state index contributed by atoms with van der Waals surface area (Å²) in [6.07, 6.45) is 3.07. The first-order valence-corrected chi connectivity index (χ1v) is 8.88. The van der Waals surface area contributed by atoms with Gasteiger partial charge < -0.3 is 10.2 Å². The number of carbonyl (C=O) groups excluding carboxylic acids is 1. The molecular formula is C14H20FN3O3S. The zero-order chi connectivity index (χ0) is 16.3. The lowest BCUT2D eigenvalue weighted by Gasteiger charge is -2.22. The molecule has 1 aromatic carbocycles. The monoisotopic (exact) mass is 329 g/mol. The highest BCUT2D eigenvalue weighted by molar-refractivity contribution is 7.88. The molecule has 0 spiro atoms. The first kappa shape index (κ1) is 16.7. The smallest absolute Gasteiger partial charge is 0.239 e. The molecule has 0 atom stereocenters. The molecule has 22 heavy (non-hydrogen) atoms. The Morgan fingerprint density at radius 2 is 2.00 bits per heavy atom. The number of anilines is 2. The summed E-state index contributed by atoms with van der Waals surface area (Å²) in [6.45, 7) is 1.28. The summed E-state index contributed by atoms with van der Waals surface area (Å²) in [5, 5.41) is 2.50. The van der Waals surface area contributed by atoms with Crippen LogP contribution in [0.3, 0.4) is 0 Å². The number of nitrogens with zero attached hydrogens (tertiary/aromatic N) is 2. The van der Waals surface area contributed by atoms with Crippen molar-refractivity contribution in [3.8, 4) is 0 Å². The Morgan fingerprint density at radius 1 is 1.36 bits per heavy atom. The third kappa shape index (κ3) is 3.95. The summed E-state index contributed by atoms with van der Waals surface area (Å²) in [5.74, 6) is -1.10. The number of sulfonamides is 1. The second kappa shape index (κ2) is 6.62. The third-order valence-corrected chi connectivity index (χ3v) is 4.90. The minimum absolute atomic E-state index is 0.108. The van der Waals surface area contributed by atoms with E-state index in [1.54, 1.807) is 12.1 Å². The number of amides is 1. The van der Waals surface area contributed by atoms with E-state index in [0.29, 0.717) is 5.69 Å². The maximum absolute atomic E-state index is 14.1. The van der Waals surface area contributed by atoms with E-state index in [1.165, 1.54) is 13.1 Å². The van der Waals surface area contributed by atoms with Gasteiger partial charge in [0.15, 0.2) is 0 Å². The molecule has 0 aromatic heterocycles. The number of nitrogens with one attached hydrogen (secondary N) is 1. The lowest BCUT2D eigenvalue weighted by atomic mass is 10.2. The van der Waals surface area contributed by atoms with Gasteiger partial charge in [-0.05, 0) is 25.0 Å². The standard InChI is InChI=1S/C14H20FN3O3S/c1-17(22(2,20)21)10-13(19)16-14-11(15)6-5-7-12(14)18-8-3-4-9-18/h5-7H,3-4,8-10H2,1-2H3,(H,16,19). The van der Waals surface area contributed by atoms with Gasteiger partial charge in [0.2, 0.25) is 15.9 Å². The van der Waals surface area contributed by atoms with Gasteiger partial charge in [0.25, 0.3) is 0 Å². The molecule has 1 N–H and O–H groups in total. The van der Waals surface area contributed by atoms with Crippen LogP contribution in [0.4, 0.5) is 15.8 Å². The second-order valence-electron chi connectivity index (χ2n) is 5.40. The number of likely N-dealkylation sites (N-methyl/N-ethyl adjacent to an activating group) is 1. The van der Waals surface area contributed by atoms with Crippen molar-refractivity contribution < 1.29 is 17.6 Å². The predicted molar refractivity (Wildman–Crippen MR) is 84.0 cm³/mol. The van der Waals surface area contributed by atoms with Crippen molar-refractivity contribution in [1.82, 2.24) is 4.31 Å². The normalized spacial score (nSPS) is 15.4. The van der Waals surface area contributed by atoms with Gasteiger partial charge in [0.05, 0.1) is 18.5 Å². The Hall–Kier alpha value is -1.67. The van der Waals surface area contributed by atoms with Crippen LogP contribution in [0.25, 0.3) is 0 Å². The summed E-state index contributed by atoms with van der Waals surface area (Å²) in [4.78, 5) is 14.0. The van der Waals surface area contributed by atoms with Gasteiger partial charge in [-0.3, -0.25) is 4.79 Å². The molecule has 0 bridgehead atoms. The number of para-hydroxylation sites is 1. The van der Waals surface area contributed by atoms with Crippen molar-refractivity contribution in [2.75, 3.05) is 43.2 Å². The van der Waals surface area contributed by atoms with Crippen molar-refractivity contribution in [1.29, 1.82) is 0 Å². The van der Waals surface area contributed by atoms with Crippen molar-refractivity contribution in [3.63, 3.8) is 0 Å². The van der Waals surface area contributed by atoms with Crippen molar-refractivity contribution in [3.05, 3.63) is 24.0 Å². The Kier molecular flexibility index (Phi) is 5.02. The molecule has 0 aliphatic carbocycles. The maximum Gasteiger partial charge on any atom is 0.239 e. The van der Waals surface area contributed by atoms with Crippen molar-refractivity contribution >= 4 is 27.3 Å². The molecule has 1 aromatic rings. The summed E-state index contributed by atoms with van der Waals surface area (Å²) < 4.78 is 37.6. The molecule has 0 saturated carbocycles. The third-order valence-electron chi connectivity index (χ3n) is 3.64. The summed E-state index contributed by atoms with van der Waals surface area (Å²) in [5.41, 5.74) is 0.740. The van der Waals surface area contributed by atoms with E-state index >= 15 is 0 Å². The van der Waals surface area contributed by atoms with Gasteiger partial charge in [-0.25, -0.2) is 12.8 Å². The highest BCUT2D eigenvalue weighted by atomic mass is 32.2. The summed E-state index contributed by atoms with van der Waals surface area (Å²) >= 11 is 0. The van der Waals surface area contributed by atoms with E-state index in [1.807, 2.05) is 4.90 Å². The molecule has 8 heteroatoms. The first-order chi connectivity index (χ1) is 10.3. The molecule has 1 aliphatic rings. The molecule has 0 unspecified atom stereocenters. The van der Waals surface area contributed by atoms with E-state index in [9.17, 15) is 17.6 Å². The van der Waals surface area contributed by atoms with Gasteiger partial charge in [0.1, 0.15) is 11.5 Å². The zero-order valence-corrected chi connectivity index (χ0v) is 13.5. The van der Waals surface area contributed by atoms with Gasteiger partial charge in [-0.1, -0.05) is 6.07 Å². The van der Waals surface area contributed by atoms with E-state index in [2.05, 4.69) is 5.32 Å². The average molecular weight is 329 g/mol. The molecule has 122 valence electrons. The number of carbonyl (C=O) groups is 1. The highest BCUT2D eigenvalue weighted by Crippen LogP contribution is 2.31. The molecular weight excluding hydrogens is 309 g/mol. The fraction of sp³-hybridized carbons (Fsp3) is 0.500. The average Bonchev–Trinajstić information content (AvgIpc) is 2.93. The topological polar surface area (TPSA) is 69.7 Å². The zero-order valence-electron chi connectivity index (χ0n) is 12.7. The van der Waals surface area contributed by atoms with Crippen LogP contribution in [-0.2, 0) is 14.8 Å². The first-order valence-electron chi connectivity index (χ1n) is 7.03. The van der Waals surface area contributed by atoms with Crippen LogP contribution in [0.2, 0.25) is 0 Å². The molecule has 1 amide bonds. The molecule has 2 rings (SSSR count). The number of halogens is 1. The van der Waals surface area contributed by atoms with E-state index in [4.69, 9.17) is 0 Å². The van der Waals surface area contributed by atoms with Gasteiger partial charge >= 0.3 is 0 Å².